The second-order valence-electron chi connectivity index (χ2n) is 17.2. The maximum atomic E-state index is 12.1. The van der Waals surface area contributed by atoms with Gasteiger partial charge in [0.15, 0.2) is 0 Å². The predicted octanol–water partition coefficient (Wildman–Crippen LogP) is 11.3. The van der Waals surface area contributed by atoms with Crippen LogP contribution in [-0.4, -0.2) is 20.4 Å². The minimum Gasteiger partial charge on any atom is -0.507 e. The summed E-state index contributed by atoms with van der Waals surface area (Å²) in [4.78, 5) is 0. The number of hydrogen-bond donors (Lipinski definition) is 4. The monoisotopic (exact) mass is 716 g/mol. The number of benzene rings is 4. The molecule has 0 saturated heterocycles. The number of aromatic hydroxyl groups is 4. The molecule has 0 heterocycles. The highest BCUT2D eigenvalue weighted by atomic mass is 16.3. The van der Waals surface area contributed by atoms with Crippen molar-refractivity contribution in [2.75, 3.05) is 0 Å². The number of phenols is 4. The van der Waals surface area contributed by atoms with Crippen LogP contribution in [0.5, 0.6) is 23.0 Å². The number of hydrogen-bond acceptors (Lipinski definition) is 4. The van der Waals surface area contributed by atoms with E-state index in [-0.39, 0.29) is 45.7 Å². The van der Waals surface area contributed by atoms with Crippen LogP contribution in [0.4, 0.5) is 0 Å². The lowest BCUT2D eigenvalue weighted by Gasteiger charge is -2.25. The average Bonchev–Trinajstić information content (AvgIpc) is 3.56. The molecule has 3 aliphatic rings. The zero-order chi connectivity index (χ0) is 38.4. The standard InChI is InChI=1S/C50H52O4/c1-49(2,3)43-27-39-23-35-19-33(31-15-11-7-8-12-16-31)21-37(45(35)51)25-41-29-44(50(4,5)6)30-42(48(41)54)26-38-22-34(32-17-13-9-10-14-18-32)20-36(46(38)52)24-40(28-43)47(39)53/h7-22,27-32,51-54H,23-26H2,1-6H3. The van der Waals surface area contributed by atoms with Crippen LogP contribution in [0.15, 0.2) is 121 Å². The first kappa shape index (κ1) is 36.9. The van der Waals surface area contributed by atoms with E-state index in [1.165, 1.54) is 0 Å². The van der Waals surface area contributed by atoms with E-state index < -0.39 is 0 Å². The van der Waals surface area contributed by atoms with Crippen LogP contribution in [0.1, 0.15) is 120 Å². The smallest absolute Gasteiger partial charge is 0.122 e. The van der Waals surface area contributed by atoms with Crippen molar-refractivity contribution in [1.29, 1.82) is 0 Å². The Hall–Kier alpha value is -5.48. The quantitative estimate of drug-likeness (QED) is 0.147. The normalized spacial score (nSPS) is 16.1. The third-order valence-corrected chi connectivity index (χ3v) is 11.1. The topological polar surface area (TPSA) is 80.9 Å². The average molecular weight is 717 g/mol. The molecule has 54 heavy (non-hydrogen) atoms. The third-order valence-electron chi connectivity index (χ3n) is 11.1. The van der Waals surface area contributed by atoms with Gasteiger partial charge in [-0.15, -0.1) is 0 Å². The van der Waals surface area contributed by atoms with Gasteiger partial charge >= 0.3 is 0 Å². The Morgan fingerprint density at radius 1 is 0.352 bits per heavy atom. The molecule has 4 nitrogen and oxygen atoms in total. The zero-order valence-electron chi connectivity index (χ0n) is 32.3. The second kappa shape index (κ2) is 14.4. The van der Waals surface area contributed by atoms with Crippen molar-refractivity contribution >= 4 is 0 Å². The van der Waals surface area contributed by atoms with E-state index in [0.717, 1.165) is 22.3 Å². The Balaban J connectivity index is 1.51. The Morgan fingerprint density at radius 3 is 0.796 bits per heavy atom. The molecule has 0 saturated carbocycles. The van der Waals surface area contributed by atoms with Crippen LogP contribution in [0.3, 0.4) is 0 Å². The van der Waals surface area contributed by atoms with Gasteiger partial charge in [-0.25, -0.2) is 0 Å². The SMILES string of the molecule is CC(C)(C)c1cc2c(O)c(c1)Cc1cc(C3C=CC=CC=C3)cc(c1O)Cc1cc(C(C)(C)C)cc(c1O)Cc1cc(C3C=CC=CC=C3)cc(c1O)C2. The summed E-state index contributed by atoms with van der Waals surface area (Å²) < 4.78 is 0. The lowest BCUT2D eigenvalue weighted by atomic mass is 9.81. The molecule has 4 aromatic rings. The van der Waals surface area contributed by atoms with E-state index in [4.69, 9.17) is 0 Å². The third kappa shape index (κ3) is 7.61. The van der Waals surface area contributed by atoms with Gasteiger partial charge in [0.2, 0.25) is 0 Å². The Bertz CT molecular complexity index is 2000. The fourth-order valence-corrected chi connectivity index (χ4v) is 7.81. The van der Waals surface area contributed by atoms with Crippen molar-refractivity contribution < 1.29 is 20.4 Å². The Labute approximate surface area is 320 Å². The zero-order valence-corrected chi connectivity index (χ0v) is 32.3. The molecule has 0 aromatic heterocycles. The first-order valence-corrected chi connectivity index (χ1v) is 19.1. The summed E-state index contributed by atoms with van der Waals surface area (Å²) >= 11 is 0. The predicted molar refractivity (Wildman–Crippen MR) is 221 cm³/mol. The molecule has 8 bridgehead atoms. The lowest BCUT2D eigenvalue weighted by molar-refractivity contribution is 0.449. The molecule has 4 aromatic carbocycles. The van der Waals surface area contributed by atoms with Crippen molar-refractivity contribution in [3.63, 3.8) is 0 Å². The van der Waals surface area contributed by atoms with Gasteiger partial charge in [-0.2, -0.15) is 0 Å². The van der Waals surface area contributed by atoms with E-state index >= 15 is 0 Å². The molecule has 0 atom stereocenters. The van der Waals surface area contributed by atoms with Gasteiger partial charge < -0.3 is 20.4 Å². The number of rotatable bonds is 2. The van der Waals surface area contributed by atoms with E-state index in [9.17, 15) is 20.4 Å². The molecule has 3 aliphatic carbocycles. The molecular weight excluding hydrogens is 665 g/mol. The van der Waals surface area contributed by atoms with Gasteiger partial charge in [0.05, 0.1) is 0 Å². The first-order chi connectivity index (χ1) is 25.7. The Kier molecular flexibility index (Phi) is 9.83. The van der Waals surface area contributed by atoms with Crippen molar-refractivity contribution in [3.05, 3.63) is 188 Å². The summed E-state index contributed by atoms with van der Waals surface area (Å²) in [6.07, 6.45) is 26.0. The molecule has 0 unspecified atom stereocenters. The molecule has 0 fully saturated rings. The Morgan fingerprint density at radius 2 is 0.574 bits per heavy atom. The van der Waals surface area contributed by atoms with E-state index in [0.29, 0.717) is 70.2 Å². The summed E-state index contributed by atoms with van der Waals surface area (Å²) in [6, 6.07) is 16.4. The molecule has 4 heteroatoms. The van der Waals surface area contributed by atoms with Crippen LogP contribution in [0.2, 0.25) is 0 Å². The van der Waals surface area contributed by atoms with E-state index in [1.807, 2.05) is 48.6 Å². The molecule has 0 aliphatic heterocycles. The fraction of sp³-hybridized carbons (Fsp3) is 0.280. The molecule has 4 N–H and O–H groups in total. The molecule has 0 amide bonds. The van der Waals surface area contributed by atoms with Gasteiger partial charge in [0, 0.05) is 37.5 Å². The largest absolute Gasteiger partial charge is 0.507 e. The van der Waals surface area contributed by atoms with Crippen molar-refractivity contribution in [2.24, 2.45) is 0 Å². The number of allylic oxidation sites excluding steroid dienone is 12. The van der Waals surface area contributed by atoms with Gasteiger partial charge in [-0.05, 0) is 77.6 Å². The van der Waals surface area contributed by atoms with Crippen molar-refractivity contribution in [1.82, 2.24) is 0 Å². The number of phenolic OH excluding ortho intramolecular Hbond substituents is 4. The highest BCUT2D eigenvalue weighted by Gasteiger charge is 2.26. The van der Waals surface area contributed by atoms with E-state index in [2.05, 4.69) is 114 Å². The second-order valence-corrected chi connectivity index (χ2v) is 17.2. The summed E-state index contributed by atoms with van der Waals surface area (Å²) in [5.41, 5.74) is 9.43. The maximum Gasteiger partial charge on any atom is 0.122 e. The van der Waals surface area contributed by atoms with Crippen LogP contribution in [-0.2, 0) is 36.5 Å². The van der Waals surface area contributed by atoms with Gasteiger partial charge in [0.1, 0.15) is 23.0 Å². The highest BCUT2D eigenvalue weighted by Crippen LogP contribution is 2.43. The van der Waals surface area contributed by atoms with Gasteiger partial charge in [-0.3, -0.25) is 0 Å². The molecule has 7 rings (SSSR count). The van der Waals surface area contributed by atoms with Gasteiger partial charge in [-0.1, -0.05) is 163 Å². The highest BCUT2D eigenvalue weighted by molar-refractivity contribution is 5.59. The van der Waals surface area contributed by atoms with Crippen LogP contribution >= 0.6 is 0 Å². The first-order valence-electron chi connectivity index (χ1n) is 19.1. The lowest BCUT2D eigenvalue weighted by Crippen LogP contribution is -2.13. The minimum atomic E-state index is -0.223. The maximum absolute atomic E-state index is 12.1. The minimum absolute atomic E-state index is 0.0185. The number of fused-ring (bicyclic) bond motifs is 8. The van der Waals surface area contributed by atoms with Crippen LogP contribution in [0, 0.1) is 0 Å². The van der Waals surface area contributed by atoms with E-state index in [1.54, 1.807) is 0 Å². The molecule has 276 valence electrons. The van der Waals surface area contributed by atoms with Crippen LogP contribution in [0.25, 0.3) is 0 Å². The molecule has 0 spiro atoms. The summed E-state index contributed by atoms with van der Waals surface area (Å²) in [6.45, 7) is 13.0. The molecular formula is C50H52O4. The summed E-state index contributed by atoms with van der Waals surface area (Å²) in [5.74, 6) is 0.636. The fourth-order valence-electron chi connectivity index (χ4n) is 7.81. The molecule has 0 radical (unpaired) electrons. The summed E-state index contributed by atoms with van der Waals surface area (Å²) in [7, 11) is 0. The van der Waals surface area contributed by atoms with Crippen molar-refractivity contribution in [2.45, 2.75) is 89.9 Å². The summed E-state index contributed by atoms with van der Waals surface area (Å²) in [5, 5.41) is 48.4. The van der Waals surface area contributed by atoms with Crippen molar-refractivity contribution in [3.8, 4) is 23.0 Å². The van der Waals surface area contributed by atoms with Crippen LogP contribution < -0.4 is 0 Å². The van der Waals surface area contributed by atoms with Gasteiger partial charge in [0.25, 0.3) is 0 Å².